The number of nitrogens with two attached hydrogens (primary N) is 1. The van der Waals surface area contributed by atoms with Crippen LogP contribution in [0.3, 0.4) is 0 Å². The number of nitrogen functional groups attached to an aromatic ring is 1. The molecule has 4 nitrogen and oxygen atoms in total. The zero-order chi connectivity index (χ0) is 14.3. The fraction of sp³-hybridized carbons (Fsp3) is 0.533. The lowest BCUT2D eigenvalue weighted by Crippen LogP contribution is -2.32. The molecule has 1 aromatic carbocycles. The van der Waals surface area contributed by atoms with Crippen LogP contribution < -0.4 is 10.5 Å². The van der Waals surface area contributed by atoms with Crippen LogP contribution in [-0.2, 0) is 0 Å². The first-order valence-electron chi connectivity index (χ1n) is 6.96. The third kappa shape index (κ3) is 3.88. The second-order valence-electron chi connectivity index (χ2n) is 4.39. The van der Waals surface area contributed by atoms with Gasteiger partial charge in [0.2, 0.25) is 0 Å². The van der Waals surface area contributed by atoms with Gasteiger partial charge in [-0.3, -0.25) is 4.79 Å². The number of hydrogen-bond donors (Lipinski definition) is 1. The van der Waals surface area contributed by atoms with Gasteiger partial charge < -0.3 is 15.4 Å². The number of anilines is 1. The molecule has 0 aromatic heterocycles. The van der Waals surface area contributed by atoms with E-state index in [0.29, 0.717) is 30.2 Å². The van der Waals surface area contributed by atoms with Crippen LogP contribution in [0.5, 0.6) is 5.75 Å². The standard InChI is InChI=1S/C15H24N2O2/c1-4-7-11-17(5-2)15(18)14-12(16)9-8-10-13(14)19-6-3/h8-10H,4-7,11,16H2,1-3H3. The first-order valence-corrected chi connectivity index (χ1v) is 6.96. The van der Waals surface area contributed by atoms with Crippen molar-refractivity contribution in [1.29, 1.82) is 0 Å². The molecular weight excluding hydrogens is 240 g/mol. The van der Waals surface area contributed by atoms with Gasteiger partial charge in [0, 0.05) is 18.8 Å². The quantitative estimate of drug-likeness (QED) is 0.770. The van der Waals surface area contributed by atoms with Crippen molar-refractivity contribution in [2.24, 2.45) is 0 Å². The van der Waals surface area contributed by atoms with Crippen molar-refractivity contribution in [3.63, 3.8) is 0 Å². The van der Waals surface area contributed by atoms with E-state index < -0.39 is 0 Å². The molecule has 0 fully saturated rings. The lowest BCUT2D eigenvalue weighted by molar-refractivity contribution is 0.0759. The summed E-state index contributed by atoms with van der Waals surface area (Å²) in [4.78, 5) is 14.4. The van der Waals surface area contributed by atoms with E-state index in [0.717, 1.165) is 19.4 Å². The number of ether oxygens (including phenoxy) is 1. The number of hydrogen-bond acceptors (Lipinski definition) is 3. The van der Waals surface area contributed by atoms with Crippen LogP contribution in [-0.4, -0.2) is 30.5 Å². The fourth-order valence-corrected chi connectivity index (χ4v) is 1.96. The Balaban J connectivity index is 3.02. The van der Waals surface area contributed by atoms with Crippen LogP contribution in [0.2, 0.25) is 0 Å². The Morgan fingerprint density at radius 2 is 2.05 bits per heavy atom. The maximum Gasteiger partial charge on any atom is 0.259 e. The lowest BCUT2D eigenvalue weighted by atomic mass is 10.1. The molecule has 1 aromatic rings. The van der Waals surface area contributed by atoms with Crippen LogP contribution in [0.1, 0.15) is 44.0 Å². The van der Waals surface area contributed by atoms with Crippen LogP contribution in [0.15, 0.2) is 18.2 Å². The Kier molecular flexibility index (Phi) is 6.19. The highest BCUT2D eigenvalue weighted by molar-refractivity contribution is 6.01. The minimum atomic E-state index is -0.0440. The molecule has 106 valence electrons. The smallest absolute Gasteiger partial charge is 0.259 e. The fourth-order valence-electron chi connectivity index (χ4n) is 1.96. The first kappa shape index (κ1) is 15.3. The molecule has 1 rings (SSSR count). The highest BCUT2D eigenvalue weighted by Gasteiger charge is 2.20. The van der Waals surface area contributed by atoms with E-state index in [1.54, 1.807) is 18.2 Å². The minimum absolute atomic E-state index is 0.0440. The Morgan fingerprint density at radius 3 is 2.63 bits per heavy atom. The number of unbranched alkanes of at least 4 members (excludes halogenated alkanes) is 1. The lowest BCUT2D eigenvalue weighted by Gasteiger charge is -2.22. The Hall–Kier alpha value is -1.71. The van der Waals surface area contributed by atoms with E-state index >= 15 is 0 Å². The van der Waals surface area contributed by atoms with Gasteiger partial charge in [-0.05, 0) is 32.4 Å². The number of benzene rings is 1. The molecule has 0 saturated carbocycles. The molecule has 0 unspecified atom stereocenters. The predicted molar refractivity (Wildman–Crippen MR) is 78.5 cm³/mol. The first-order chi connectivity index (χ1) is 9.15. The number of carbonyl (C=O) groups excluding carboxylic acids is 1. The molecular formula is C15H24N2O2. The summed E-state index contributed by atoms with van der Waals surface area (Å²) in [7, 11) is 0. The van der Waals surface area contributed by atoms with Gasteiger partial charge >= 0.3 is 0 Å². The maximum atomic E-state index is 12.6. The topological polar surface area (TPSA) is 55.6 Å². The van der Waals surface area contributed by atoms with Crippen molar-refractivity contribution >= 4 is 11.6 Å². The van der Waals surface area contributed by atoms with E-state index in [4.69, 9.17) is 10.5 Å². The predicted octanol–water partition coefficient (Wildman–Crippen LogP) is 2.93. The zero-order valence-electron chi connectivity index (χ0n) is 12.1. The Bertz CT molecular complexity index is 419. The van der Waals surface area contributed by atoms with Crippen LogP contribution >= 0.6 is 0 Å². The van der Waals surface area contributed by atoms with Crippen LogP contribution in [0, 0.1) is 0 Å². The number of rotatable bonds is 7. The molecule has 0 atom stereocenters. The molecule has 19 heavy (non-hydrogen) atoms. The third-order valence-corrected chi connectivity index (χ3v) is 3.02. The zero-order valence-corrected chi connectivity index (χ0v) is 12.1. The summed E-state index contributed by atoms with van der Waals surface area (Å²) >= 11 is 0. The second-order valence-corrected chi connectivity index (χ2v) is 4.39. The number of nitrogens with zero attached hydrogens (tertiary/aromatic N) is 1. The monoisotopic (exact) mass is 264 g/mol. The maximum absolute atomic E-state index is 12.6. The van der Waals surface area contributed by atoms with Crippen molar-refractivity contribution in [1.82, 2.24) is 4.90 Å². The van der Waals surface area contributed by atoms with Crippen molar-refractivity contribution in [3.05, 3.63) is 23.8 Å². The van der Waals surface area contributed by atoms with Crippen molar-refractivity contribution < 1.29 is 9.53 Å². The largest absolute Gasteiger partial charge is 0.493 e. The molecule has 1 amide bonds. The van der Waals surface area contributed by atoms with Gasteiger partial charge in [0.1, 0.15) is 11.3 Å². The normalized spacial score (nSPS) is 10.3. The summed E-state index contributed by atoms with van der Waals surface area (Å²) in [5.74, 6) is 0.528. The minimum Gasteiger partial charge on any atom is -0.493 e. The van der Waals surface area contributed by atoms with Crippen LogP contribution in [0.4, 0.5) is 5.69 Å². The molecule has 0 radical (unpaired) electrons. The average Bonchev–Trinajstić information content (AvgIpc) is 2.40. The van der Waals surface area contributed by atoms with Crippen molar-refractivity contribution in [3.8, 4) is 5.75 Å². The van der Waals surface area contributed by atoms with Crippen LogP contribution in [0.25, 0.3) is 0 Å². The van der Waals surface area contributed by atoms with Gasteiger partial charge in [-0.2, -0.15) is 0 Å². The molecule has 0 aliphatic carbocycles. The Labute approximate surface area is 115 Å². The molecule has 0 aliphatic rings. The van der Waals surface area contributed by atoms with E-state index in [9.17, 15) is 4.79 Å². The summed E-state index contributed by atoms with van der Waals surface area (Å²) in [6, 6.07) is 5.34. The number of amides is 1. The molecule has 2 N–H and O–H groups in total. The van der Waals surface area contributed by atoms with Gasteiger partial charge in [0.25, 0.3) is 5.91 Å². The molecule has 0 bridgehead atoms. The summed E-state index contributed by atoms with van der Waals surface area (Å²) in [6.45, 7) is 7.94. The van der Waals surface area contributed by atoms with Crippen molar-refractivity contribution in [2.45, 2.75) is 33.6 Å². The highest BCUT2D eigenvalue weighted by atomic mass is 16.5. The molecule has 4 heteroatoms. The molecule has 0 spiro atoms. The molecule has 0 aliphatic heterocycles. The summed E-state index contributed by atoms with van der Waals surface area (Å²) in [5.41, 5.74) is 6.91. The van der Waals surface area contributed by atoms with E-state index in [1.165, 1.54) is 0 Å². The van der Waals surface area contributed by atoms with Gasteiger partial charge in [0.05, 0.1) is 6.61 Å². The Morgan fingerprint density at radius 1 is 1.32 bits per heavy atom. The van der Waals surface area contributed by atoms with Crippen molar-refractivity contribution in [2.75, 3.05) is 25.4 Å². The second kappa shape index (κ2) is 7.67. The SMILES string of the molecule is CCCCN(CC)C(=O)c1c(N)cccc1OCC. The van der Waals surface area contributed by atoms with E-state index in [-0.39, 0.29) is 5.91 Å². The average molecular weight is 264 g/mol. The van der Waals surface area contributed by atoms with Gasteiger partial charge in [-0.1, -0.05) is 19.4 Å². The van der Waals surface area contributed by atoms with Gasteiger partial charge in [-0.25, -0.2) is 0 Å². The van der Waals surface area contributed by atoms with Gasteiger partial charge in [0.15, 0.2) is 0 Å². The summed E-state index contributed by atoms with van der Waals surface area (Å²) in [5, 5.41) is 0. The molecule has 0 heterocycles. The van der Waals surface area contributed by atoms with Gasteiger partial charge in [-0.15, -0.1) is 0 Å². The third-order valence-electron chi connectivity index (χ3n) is 3.02. The summed E-state index contributed by atoms with van der Waals surface area (Å²) < 4.78 is 5.51. The van der Waals surface area contributed by atoms with E-state index in [2.05, 4.69) is 6.92 Å². The number of carbonyl (C=O) groups is 1. The summed E-state index contributed by atoms with van der Waals surface area (Å²) in [6.07, 6.45) is 2.06. The highest BCUT2D eigenvalue weighted by Crippen LogP contribution is 2.26. The van der Waals surface area contributed by atoms with E-state index in [1.807, 2.05) is 18.7 Å². The molecule has 0 saturated heterocycles.